The lowest BCUT2D eigenvalue weighted by atomic mass is 10.1. The van der Waals surface area contributed by atoms with E-state index >= 15 is 0 Å². The van der Waals surface area contributed by atoms with Gasteiger partial charge in [-0.3, -0.25) is 0 Å². The minimum absolute atomic E-state index is 0.0480. The van der Waals surface area contributed by atoms with E-state index in [0.29, 0.717) is 12.5 Å². The fourth-order valence-electron chi connectivity index (χ4n) is 2.04. The molecule has 0 bridgehead atoms. The second-order valence-corrected chi connectivity index (χ2v) is 6.35. The molecule has 0 radical (unpaired) electrons. The van der Waals surface area contributed by atoms with Crippen LogP contribution in [0.1, 0.15) is 19.4 Å². The Bertz CT molecular complexity index is 609. The van der Waals surface area contributed by atoms with E-state index in [0.717, 1.165) is 0 Å². The van der Waals surface area contributed by atoms with Crippen LogP contribution >= 0.6 is 0 Å². The Morgan fingerprint density at radius 2 is 2.06 bits per heavy atom. The molecule has 1 aromatic carbocycles. The van der Waals surface area contributed by atoms with Crippen LogP contribution < -0.4 is 0 Å². The normalized spacial score (nSPS) is 16.6. The Hall–Kier alpha value is -1.43. The highest BCUT2D eigenvalue weighted by Crippen LogP contribution is 2.29. The summed E-state index contributed by atoms with van der Waals surface area (Å²) >= 11 is 0. The van der Waals surface area contributed by atoms with Gasteiger partial charge in [-0.25, -0.2) is 4.39 Å². The summed E-state index contributed by atoms with van der Waals surface area (Å²) in [5.74, 6) is -0.0315. The Balaban J connectivity index is 2.53. The number of rotatable bonds is 2. The number of amidine groups is 1. The molecule has 0 amide bonds. The van der Waals surface area contributed by atoms with Gasteiger partial charge in [-0.05, 0) is 18.1 Å². The highest BCUT2D eigenvalue weighted by Gasteiger charge is 2.33. The third-order valence-electron chi connectivity index (χ3n) is 2.68. The first-order valence-electron chi connectivity index (χ1n) is 5.68. The summed E-state index contributed by atoms with van der Waals surface area (Å²) in [5, 5.41) is 0. The zero-order valence-electron chi connectivity index (χ0n) is 10.5. The molecule has 0 fully saturated rings. The van der Waals surface area contributed by atoms with Crippen molar-refractivity contribution < 1.29 is 12.8 Å². The van der Waals surface area contributed by atoms with Gasteiger partial charge in [0.1, 0.15) is 10.7 Å². The SMILES string of the molecule is CC(C)CN(C)C1=NS(=O)(=O)c2cccc(F)c21. The fourth-order valence-corrected chi connectivity index (χ4v) is 3.29. The molecule has 0 aliphatic carbocycles. The largest absolute Gasteiger partial charge is 0.358 e. The van der Waals surface area contributed by atoms with Crippen molar-refractivity contribution >= 4 is 15.9 Å². The monoisotopic (exact) mass is 270 g/mol. The van der Waals surface area contributed by atoms with Crippen molar-refractivity contribution in [1.29, 1.82) is 0 Å². The van der Waals surface area contributed by atoms with E-state index in [9.17, 15) is 12.8 Å². The van der Waals surface area contributed by atoms with E-state index in [-0.39, 0.29) is 16.3 Å². The lowest BCUT2D eigenvalue weighted by Crippen LogP contribution is -2.30. The molecule has 1 aliphatic rings. The van der Waals surface area contributed by atoms with Crippen molar-refractivity contribution in [2.45, 2.75) is 18.7 Å². The summed E-state index contributed by atoms with van der Waals surface area (Å²) in [6, 6.07) is 4.01. The van der Waals surface area contributed by atoms with Crippen molar-refractivity contribution in [3.05, 3.63) is 29.6 Å². The van der Waals surface area contributed by atoms with Gasteiger partial charge in [0, 0.05) is 13.6 Å². The molecule has 0 saturated heterocycles. The number of sulfonamides is 1. The Kier molecular flexibility index (Phi) is 3.14. The summed E-state index contributed by atoms with van der Waals surface area (Å²) in [6.07, 6.45) is 0. The standard InChI is InChI=1S/C12H15FN2O2S/c1-8(2)7-15(3)12-11-9(13)5-4-6-10(11)18(16,17)14-12/h4-6,8H,7H2,1-3H3. The number of benzene rings is 1. The van der Waals surface area contributed by atoms with Gasteiger partial charge >= 0.3 is 0 Å². The minimum atomic E-state index is -3.75. The second kappa shape index (κ2) is 4.35. The van der Waals surface area contributed by atoms with E-state index in [4.69, 9.17) is 0 Å². The zero-order chi connectivity index (χ0) is 13.5. The van der Waals surface area contributed by atoms with E-state index < -0.39 is 15.8 Å². The highest BCUT2D eigenvalue weighted by molar-refractivity contribution is 7.90. The van der Waals surface area contributed by atoms with Crippen LogP contribution in [0.3, 0.4) is 0 Å². The maximum Gasteiger partial charge on any atom is 0.285 e. The number of hydrogen-bond acceptors (Lipinski definition) is 3. The van der Waals surface area contributed by atoms with E-state index in [1.807, 2.05) is 13.8 Å². The molecule has 0 aromatic heterocycles. The molecule has 0 saturated carbocycles. The molecule has 0 unspecified atom stereocenters. The van der Waals surface area contributed by atoms with Gasteiger partial charge in [0.15, 0.2) is 5.84 Å². The molecule has 2 rings (SSSR count). The molecule has 4 nitrogen and oxygen atoms in total. The second-order valence-electron chi connectivity index (χ2n) is 4.78. The van der Waals surface area contributed by atoms with Crippen LogP contribution in [0.2, 0.25) is 0 Å². The van der Waals surface area contributed by atoms with Crippen molar-refractivity contribution in [3.63, 3.8) is 0 Å². The molecule has 1 heterocycles. The van der Waals surface area contributed by atoms with Gasteiger partial charge in [0.2, 0.25) is 0 Å². The highest BCUT2D eigenvalue weighted by atomic mass is 32.2. The summed E-state index contributed by atoms with van der Waals surface area (Å²) in [6.45, 7) is 4.62. The van der Waals surface area contributed by atoms with Crippen LogP contribution in [-0.2, 0) is 10.0 Å². The average Bonchev–Trinajstić information content (AvgIpc) is 2.52. The summed E-state index contributed by atoms with van der Waals surface area (Å²) in [4.78, 5) is 1.63. The first kappa shape index (κ1) is 13.0. The molecule has 18 heavy (non-hydrogen) atoms. The summed E-state index contributed by atoms with van der Waals surface area (Å²) in [7, 11) is -2.03. The minimum Gasteiger partial charge on any atom is -0.358 e. The molecule has 1 aromatic rings. The maximum absolute atomic E-state index is 13.8. The molecular weight excluding hydrogens is 255 g/mol. The van der Waals surface area contributed by atoms with Crippen molar-refractivity contribution in [1.82, 2.24) is 4.90 Å². The number of hydrogen-bond donors (Lipinski definition) is 0. The third-order valence-corrected chi connectivity index (χ3v) is 3.99. The fraction of sp³-hybridized carbons (Fsp3) is 0.417. The Morgan fingerprint density at radius 1 is 1.39 bits per heavy atom. The van der Waals surface area contributed by atoms with Gasteiger partial charge in [-0.2, -0.15) is 8.42 Å². The van der Waals surface area contributed by atoms with Gasteiger partial charge in [-0.15, -0.1) is 4.40 Å². The topological polar surface area (TPSA) is 49.7 Å². The Morgan fingerprint density at radius 3 is 2.67 bits per heavy atom. The van der Waals surface area contributed by atoms with Crippen LogP contribution in [0.15, 0.2) is 27.5 Å². The average molecular weight is 270 g/mol. The first-order valence-corrected chi connectivity index (χ1v) is 7.12. The van der Waals surface area contributed by atoms with Crippen molar-refractivity contribution in [2.75, 3.05) is 13.6 Å². The number of nitrogens with zero attached hydrogens (tertiary/aromatic N) is 2. The lowest BCUT2D eigenvalue weighted by molar-refractivity contribution is 0.424. The van der Waals surface area contributed by atoms with Gasteiger partial charge in [-0.1, -0.05) is 19.9 Å². The van der Waals surface area contributed by atoms with Crippen LogP contribution in [0, 0.1) is 11.7 Å². The zero-order valence-corrected chi connectivity index (χ0v) is 11.3. The summed E-state index contributed by atoms with van der Waals surface area (Å²) < 4.78 is 41.1. The predicted octanol–water partition coefficient (Wildman–Crippen LogP) is 1.86. The quantitative estimate of drug-likeness (QED) is 0.824. The van der Waals surface area contributed by atoms with E-state index in [1.165, 1.54) is 18.2 Å². The van der Waals surface area contributed by atoms with Crippen molar-refractivity contribution in [3.8, 4) is 0 Å². The number of fused-ring (bicyclic) bond motifs is 1. The maximum atomic E-state index is 13.8. The van der Waals surface area contributed by atoms with Crippen LogP contribution in [-0.4, -0.2) is 32.7 Å². The van der Waals surface area contributed by atoms with Gasteiger partial charge in [0.05, 0.1) is 5.56 Å². The van der Waals surface area contributed by atoms with E-state index in [2.05, 4.69) is 4.40 Å². The molecule has 0 atom stereocenters. The molecule has 0 N–H and O–H groups in total. The van der Waals surface area contributed by atoms with Crippen LogP contribution in [0.4, 0.5) is 4.39 Å². The molecule has 0 spiro atoms. The van der Waals surface area contributed by atoms with Crippen molar-refractivity contribution in [2.24, 2.45) is 10.3 Å². The van der Waals surface area contributed by atoms with E-state index in [1.54, 1.807) is 11.9 Å². The number of halogens is 1. The molecule has 98 valence electrons. The smallest absolute Gasteiger partial charge is 0.285 e. The molecular formula is C12H15FN2O2S. The lowest BCUT2D eigenvalue weighted by Gasteiger charge is -2.21. The van der Waals surface area contributed by atoms with Gasteiger partial charge < -0.3 is 4.90 Å². The molecule has 1 aliphatic heterocycles. The van der Waals surface area contributed by atoms with Crippen LogP contribution in [0.25, 0.3) is 0 Å². The molecule has 6 heteroatoms. The predicted molar refractivity (Wildman–Crippen MR) is 67.6 cm³/mol. The third kappa shape index (κ3) is 2.12. The summed E-state index contributed by atoms with van der Waals surface area (Å²) in [5.41, 5.74) is 0.0839. The Labute approximate surface area is 106 Å². The first-order chi connectivity index (χ1) is 8.33. The van der Waals surface area contributed by atoms with Crippen LogP contribution in [0.5, 0.6) is 0 Å². The van der Waals surface area contributed by atoms with Gasteiger partial charge in [0.25, 0.3) is 10.0 Å².